The third kappa shape index (κ3) is 1.78. The first-order valence-electron chi connectivity index (χ1n) is 5.50. The molecule has 0 aliphatic carbocycles. The molecule has 0 atom stereocenters. The lowest BCUT2D eigenvalue weighted by molar-refractivity contribution is 1.29. The van der Waals surface area contributed by atoms with Crippen molar-refractivity contribution in [3.63, 3.8) is 0 Å². The Hall–Kier alpha value is -1.87. The van der Waals surface area contributed by atoms with Crippen LogP contribution < -0.4 is 5.32 Å². The summed E-state index contributed by atoms with van der Waals surface area (Å²) in [5.74, 6) is 0.899. The van der Waals surface area contributed by atoms with Crippen molar-refractivity contribution in [3.05, 3.63) is 47.8 Å². The number of nitrogens with zero attached hydrogens (tertiary/aromatic N) is 1. The molecule has 2 aromatic heterocycles. The van der Waals surface area contributed by atoms with Gasteiger partial charge < -0.3 is 5.32 Å². The summed E-state index contributed by atoms with van der Waals surface area (Å²) in [4.78, 5) is 4.59. The molecule has 0 radical (unpaired) electrons. The van der Waals surface area contributed by atoms with Crippen molar-refractivity contribution in [2.24, 2.45) is 0 Å². The van der Waals surface area contributed by atoms with E-state index in [-0.39, 0.29) is 0 Å². The lowest BCUT2D eigenvalue weighted by atomic mass is 10.1. The van der Waals surface area contributed by atoms with Crippen molar-refractivity contribution in [1.82, 2.24) is 4.98 Å². The molecular weight excluding hydrogens is 228 g/mol. The Balaban J connectivity index is 2.23. The van der Waals surface area contributed by atoms with Gasteiger partial charge in [-0.3, -0.25) is 0 Å². The summed E-state index contributed by atoms with van der Waals surface area (Å²) < 4.78 is 1.30. The molecule has 0 amide bonds. The molecule has 1 aromatic carbocycles. The lowest BCUT2D eigenvalue weighted by Crippen LogP contribution is -1.93. The minimum Gasteiger partial charge on any atom is -0.373 e. The van der Waals surface area contributed by atoms with Gasteiger partial charge >= 0.3 is 0 Å². The van der Waals surface area contributed by atoms with Gasteiger partial charge in [0.1, 0.15) is 5.82 Å². The van der Waals surface area contributed by atoms with Crippen molar-refractivity contribution >= 4 is 27.2 Å². The summed E-state index contributed by atoms with van der Waals surface area (Å²) in [5, 5.41) is 6.47. The fraction of sp³-hybridized carbons (Fsp3) is 0.0714. The van der Waals surface area contributed by atoms with Crippen LogP contribution in [0.15, 0.2) is 47.8 Å². The molecule has 84 valence electrons. The maximum absolute atomic E-state index is 4.59. The first-order chi connectivity index (χ1) is 8.38. The first kappa shape index (κ1) is 10.3. The summed E-state index contributed by atoms with van der Waals surface area (Å²) in [6.07, 6.45) is 0. The van der Waals surface area contributed by atoms with Crippen LogP contribution in [-0.2, 0) is 0 Å². The number of thiophene rings is 1. The molecular formula is C14H12N2S. The summed E-state index contributed by atoms with van der Waals surface area (Å²) in [6.45, 7) is 0. The number of rotatable bonds is 2. The van der Waals surface area contributed by atoms with Crippen LogP contribution in [-0.4, -0.2) is 12.0 Å². The van der Waals surface area contributed by atoms with Crippen LogP contribution in [0.4, 0.5) is 5.82 Å². The molecule has 0 aliphatic heterocycles. The zero-order valence-electron chi connectivity index (χ0n) is 9.47. The fourth-order valence-electron chi connectivity index (χ4n) is 1.92. The third-order valence-corrected chi connectivity index (χ3v) is 3.72. The molecule has 0 saturated heterocycles. The van der Waals surface area contributed by atoms with Gasteiger partial charge in [0.2, 0.25) is 0 Å². The highest BCUT2D eigenvalue weighted by Crippen LogP contribution is 2.31. The van der Waals surface area contributed by atoms with Gasteiger partial charge in [0.25, 0.3) is 0 Å². The highest BCUT2D eigenvalue weighted by atomic mass is 32.1. The molecule has 2 nitrogen and oxygen atoms in total. The molecule has 0 fully saturated rings. The van der Waals surface area contributed by atoms with Crippen molar-refractivity contribution in [3.8, 4) is 11.3 Å². The molecule has 1 N–H and O–H groups in total. The van der Waals surface area contributed by atoms with Gasteiger partial charge in [-0.15, -0.1) is 11.3 Å². The SMILES string of the molecule is CNc1cccc(-c2cccc3ccsc23)n1. The zero-order chi connectivity index (χ0) is 11.7. The van der Waals surface area contributed by atoms with Gasteiger partial charge in [-0.1, -0.05) is 24.3 Å². The predicted octanol–water partition coefficient (Wildman–Crippen LogP) is 4.01. The van der Waals surface area contributed by atoms with Crippen LogP contribution in [0.1, 0.15) is 0 Å². The molecule has 2 heterocycles. The number of aromatic nitrogens is 1. The van der Waals surface area contributed by atoms with Crippen LogP contribution >= 0.6 is 11.3 Å². The topological polar surface area (TPSA) is 24.9 Å². The van der Waals surface area contributed by atoms with E-state index in [0.29, 0.717) is 0 Å². The van der Waals surface area contributed by atoms with Crippen LogP contribution in [0, 0.1) is 0 Å². The Kier molecular flexibility index (Phi) is 2.53. The monoisotopic (exact) mass is 240 g/mol. The second-order valence-corrected chi connectivity index (χ2v) is 4.72. The Labute approximate surface area is 104 Å². The number of hydrogen-bond acceptors (Lipinski definition) is 3. The summed E-state index contributed by atoms with van der Waals surface area (Å²) in [7, 11) is 1.89. The van der Waals surface area contributed by atoms with Gasteiger partial charge in [-0.05, 0) is 29.0 Å². The Morgan fingerprint density at radius 1 is 1.06 bits per heavy atom. The number of anilines is 1. The second kappa shape index (κ2) is 4.18. The number of nitrogens with one attached hydrogen (secondary N) is 1. The van der Waals surface area contributed by atoms with Gasteiger partial charge in [0.15, 0.2) is 0 Å². The van der Waals surface area contributed by atoms with E-state index in [4.69, 9.17) is 0 Å². The molecule has 3 aromatic rings. The van der Waals surface area contributed by atoms with Crippen LogP contribution in [0.5, 0.6) is 0 Å². The molecule has 0 spiro atoms. The Morgan fingerprint density at radius 3 is 2.82 bits per heavy atom. The molecule has 0 unspecified atom stereocenters. The third-order valence-electron chi connectivity index (χ3n) is 2.76. The van der Waals surface area contributed by atoms with E-state index >= 15 is 0 Å². The molecule has 0 saturated carbocycles. The van der Waals surface area contributed by atoms with Crippen molar-refractivity contribution in [1.29, 1.82) is 0 Å². The van der Waals surface area contributed by atoms with E-state index in [9.17, 15) is 0 Å². The zero-order valence-corrected chi connectivity index (χ0v) is 10.3. The van der Waals surface area contributed by atoms with E-state index in [1.807, 2.05) is 19.2 Å². The van der Waals surface area contributed by atoms with Crippen molar-refractivity contribution in [2.45, 2.75) is 0 Å². The average molecular weight is 240 g/mol. The largest absolute Gasteiger partial charge is 0.373 e. The number of benzene rings is 1. The smallest absolute Gasteiger partial charge is 0.126 e. The fourth-order valence-corrected chi connectivity index (χ4v) is 2.84. The van der Waals surface area contributed by atoms with Crippen LogP contribution in [0.3, 0.4) is 0 Å². The molecule has 0 aliphatic rings. The Morgan fingerprint density at radius 2 is 1.94 bits per heavy atom. The normalized spacial score (nSPS) is 10.6. The molecule has 3 heteroatoms. The Bertz CT molecular complexity index is 658. The van der Waals surface area contributed by atoms with E-state index < -0.39 is 0 Å². The van der Waals surface area contributed by atoms with Crippen LogP contribution in [0.25, 0.3) is 21.3 Å². The molecule has 0 bridgehead atoms. The van der Waals surface area contributed by atoms with Gasteiger partial charge in [0, 0.05) is 17.3 Å². The summed E-state index contributed by atoms with van der Waals surface area (Å²) >= 11 is 1.76. The van der Waals surface area contributed by atoms with Crippen LogP contribution in [0.2, 0.25) is 0 Å². The predicted molar refractivity (Wildman–Crippen MR) is 74.6 cm³/mol. The number of pyridine rings is 1. The number of fused-ring (bicyclic) bond motifs is 1. The van der Waals surface area contributed by atoms with E-state index in [1.54, 1.807) is 11.3 Å². The number of hydrogen-bond donors (Lipinski definition) is 1. The minimum absolute atomic E-state index is 0.899. The minimum atomic E-state index is 0.899. The van der Waals surface area contributed by atoms with E-state index in [2.05, 4.69) is 46.0 Å². The summed E-state index contributed by atoms with van der Waals surface area (Å²) in [5.41, 5.74) is 2.22. The van der Waals surface area contributed by atoms with Gasteiger partial charge in [-0.25, -0.2) is 4.98 Å². The molecule has 3 rings (SSSR count). The van der Waals surface area contributed by atoms with Gasteiger partial charge in [-0.2, -0.15) is 0 Å². The van der Waals surface area contributed by atoms with Crippen molar-refractivity contribution in [2.75, 3.05) is 12.4 Å². The molecule has 17 heavy (non-hydrogen) atoms. The first-order valence-corrected chi connectivity index (χ1v) is 6.38. The van der Waals surface area contributed by atoms with E-state index in [0.717, 1.165) is 11.5 Å². The highest BCUT2D eigenvalue weighted by Gasteiger charge is 2.06. The average Bonchev–Trinajstić information content (AvgIpc) is 2.87. The van der Waals surface area contributed by atoms with E-state index in [1.165, 1.54) is 15.6 Å². The lowest BCUT2D eigenvalue weighted by Gasteiger charge is -2.05. The standard InChI is InChI=1S/C14H12N2S/c1-15-13-7-3-6-12(16-13)11-5-2-4-10-8-9-17-14(10)11/h2-9H,1H3,(H,15,16). The summed E-state index contributed by atoms with van der Waals surface area (Å²) in [6, 6.07) is 14.5. The van der Waals surface area contributed by atoms with Crippen molar-refractivity contribution < 1.29 is 0 Å². The maximum Gasteiger partial charge on any atom is 0.126 e. The quantitative estimate of drug-likeness (QED) is 0.732. The second-order valence-electron chi connectivity index (χ2n) is 3.80. The highest BCUT2D eigenvalue weighted by molar-refractivity contribution is 7.17. The van der Waals surface area contributed by atoms with Gasteiger partial charge in [0.05, 0.1) is 5.69 Å². The maximum atomic E-state index is 4.59.